The summed E-state index contributed by atoms with van der Waals surface area (Å²) in [6, 6.07) is 0. The first-order valence-electron chi connectivity index (χ1n) is 36.0. The lowest BCUT2D eigenvalue weighted by atomic mass is 10.0. The van der Waals surface area contributed by atoms with Crippen molar-refractivity contribution in [3.63, 3.8) is 0 Å². The SMILES string of the molecule is CCCCCCC/C=C\C/C=C\CCCCCCCCCCCCCCCCCC(=O)OCC(COC(=O)CCCCCCC/C=C\CCCCCCC)OC(=O)CCCCCCCCCCCCCCCCCCCCCCC. The fraction of sp³-hybridized carbons (Fsp3) is 0.878. The Morgan fingerprint density at radius 1 is 0.250 bits per heavy atom. The maximum absolute atomic E-state index is 13.0. The van der Waals surface area contributed by atoms with E-state index in [0.717, 1.165) is 70.6 Å². The molecule has 6 heteroatoms. The van der Waals surface area contributed by atoms with Gasteiger partial charge >= 0.3 is 17.9 Å². The van der Waals surface area contributed by atoms with Gasteiger partial charge in [-0.15, -0.1) is 0 Å². The van der Waals surface area contributed by atoms with Crippen LogP contribution in [0.15, 0.2) is 36.5 Å². The summed E-state index contributed by atoms with van der Waals surface area (Å²) in [6.45, 7) is 6.69. The van der Waals surface area contributed by atoms with Crippen LogP contribution >= 0.6 is 0 Å². The molecule has 0 bridgehead atoms. The Kier molecular flexibility index (Phi) is 67.1. The summed E-state index contributed by atoms with van der Waals surface area (Å²) in [4.78, 5) is 38.4. The van der Waals surface area contributed by atoms with Crippen molar-refractivity contribution in [1.29, 1.82) is 0 Å². The van der Waals surface area contributed by atoms with Crippen molar-refractivity contribution in [3.8, 4) is 0 Å². The minimum atomic E-state index is -0.773. The van der Waals surface area contributed by atoms with Gasteiger partial charge in [0.05, 0.1) is 0 Å². The molecule has 0 aliphatic carbocycles. The Labute approximate surface area is 499 Å². The van der Waals surface area contributed by atoms with Gasteiger partial charge in [0.25, 0.3) is 0 Å². The molecular formula is C74H138O6. The Morgan fingerprint density at radius 3 is 0.700 bits per heavy atom. The number of hydrogen-bond donors (Lipinski definition) is 0. The summed E-state index contributed by atoms with van der Waals surface area (Å²) in [5.74, 6) is -0.848. The molecule has 0 N–H and O–H groups in total. The molecular weight excluding hydrogens is 985 g/mol. The molecule has 0 aliphatic rings. The molecule has 0 aliphatic heterocycles. The van der Waals surface area contributed by atoms with Gasteiger partial charge in [-0.3, -0.25) is 14.4 Å². The van der Waals surface area contributed by atoms with E-state index >= 15 is 0 Å². The molecule has 0 radical (unpaired) electrons. The van der Waals surface area contributed by atoms with Crippen LogP contribution in [-0.2, 0) is 28.6 Å². The van der Waals surface area contributed by atoms with Gasteiger partial charge in [0.15, 0.2) is 6.10 Å². The van der Waals surface area contributed by atoms with Gasteiger partial charge in [-0.05, 0) is 77.0 Å². The number of rotatable bonds is 67. The van der Waals surface area contributed by atoms with E-state index < -0.39 is 6.10 Å². The highest BCUT2D eigenvalue weighted by molar-refractivity contribution is 5.71. The first-order valence-corrected chi connectivity index (χ1v) is 36.0. The molecule has 0 fully saturated rings. The molecule has 0 aromatic heterocycles. The van der Waals surface area contributed by atoms with Crippen molar-refractivity contribution in [3.05, 3.63) is 36.5 Å². The van der Waals surface area contributed by atoms with Crippen molar-refractivity contribution in [2.75, 3.05) is 13.2 Å². The number of carbonyl (C=O) groups excluding carboxylic acids is 3. The summed E-state index contributed by atoms with van der Waals surface area (Å²) >= 11 is 0. The zero-order valence-electron chi connectivity index (χ0n) is 54.1. The van der Waals surface area contributed by atoms with E-state index in [0.29, 0.717) is 19.3 Å². The van der Waals surface area contributed by atoms with Crippen LogP contribution in [-0.4, -0.2) is 37.2 Å². The van der Waals surface area contributed by atoms with Gasteiger partial charge < -0.3 is 14.2 Å². The summed E-state index contributed by atoms with van der Waals surface area (Å²) < 4.78 is 17.0. The predicted molar refractivity (Wildman–Crippen MR) is 349 cm³/mol. The highest BCUT2D eigenvalue weighted by Gasteiger charge is 2.19. The van der Waals surface area contributed by atoms with Crippen LogP contribution in [0.25, 0.3) is 0 Å². The second kappa shape index (κ2) is 69.1. The van der Waals surface area contributed by atoms with E-state index in [2.05, 4.69) is 57.2 Å². The molecule has 0 saturated heterocycles. The number of unbranched alkanes of at least 4 members (excludes halogenated alkanes) is 50. The molecule has 0 aromatic carbocycles. The van der Waals surface area contributed by atoms with E-state index in [9.17, 15) is 14.4 Å². The van der Waals surface area contributed by atoms with Crippen molar-refractivity contribution in [2.24, 2.45) is 0 Å². The van der Waals surface area contributed by atoms with E-state index in [1.165, 1.54) is 289 Å². The topological polar surface area (TPSA) is 78.9 Å². The van der Waals surface area contributed by atoms with Gasteiger partial charge in [0.1, 0.15) is 13.2 Å². The molecule has 0 spiro atoms. The van der Waals surface area contributed by atoms with Crippen LogP contribution in [0.5, 0.6) is 0 Å². The molecule has 0 heterocycles. The Hall–Kier alpha value is -2.37. The largest absolute Gasteiger partial charge is 0.462 e. The predicted octanol–water partition coefficient (Wildman–Crippen LogP) is 24.7. The summed E-state index contributed by atoms with van der Waals surface area (Å²) in [6.07, 6.45) is 86.0. The van der Waals surface area contributed by atoms with E-state index in [-0.39, 0.29) is 31.1 Å². The lowest BCUT2D eigenvalue weighted by Crippen LogP contribution is -2.30. The summed E-state index contributed by atoms with van der Waals surface area (Å²) in [5, 5.41) is 0. The van der Waals surface area contributed by atoms with E-state index in [1.807, 2.05) is 0 Å². The fourth-order valence-electron chi connectivity index (χ4n) is 10.9. The molecule has 80 heavy (non-hydrogen) atoms. The molecule has 1 unspecified atom stereocenters. The minimum Gasteiger partial charge on any atom is -0.462 e. The number of hydrogen-bond acceptors (Lipinski definition) is 6. The van der Waals surface area contributed by atoms with Gasteiger partial charge in [-0.1, -0.05) is 340 Å². The molecule has 0 aromatic rings. The summed E-state index contributed by atoms with van der Waals surface area (Å²) in [5.41, 5.74) is 0. The van der Waals surface area contributed by atoms with Crippen LogP contribution in [0.2, 0.25) is 0 Å². The van der Waals surface area contributed by atoms with Crippen molar-refractivity contribution >= 4 is 17.9 Å². The lowest BCUT2D eigenvalue weighted by molar-refractivity contribution is -0.167. The minimum absolute atomic E-state index is 0.0693. The highest BCUT2D eigenvalue weighted by Crippen LogP contribution is 2.19. The van der Waals surface area contributed by atoms with E-state index in [1.54, 1.807) is 0 Å². The lowest BCUT2D eigenvalue weighted by Gasteiger charge is -2.18. The Bertz CT molecular complexity index is 1340. The molecule has 0 saturated carbocycles. The monoisotopic (exact) mass is 1120 g/mol. The molecule has 6 nitrogen and oxygen atoms in total. The van der Waals surface area contributed by atoms with Crippen LogP contribution in [0.3, 0.4) is 0 Å². The van der Waals surface area contributed by atoms with Crippen molar-refractivity contribution in [2.45, 2.75) is 406 Å². The quantitative estimate of drug-likeness (QED) is 0.0261. The molecule has 470 valence electrons. The third kappa shape index (κ3) is 66.4. The third-order valence-electron chi connectivity index (χ3n) is 16.4. The van der Waals surface area contributed by atoms with Gasteiger partial charge in [0, 0.05) is 19.3 Å². The van der Waals surface area contributed by atoms with Gasteiger partial charge in [-0.25, -0.2) is 0 Å². The normalized spacial score (nSPS) is 12.2. The molecule has 0 rings (SSSR count). The number of carbonyl (C=O) groups is 3. The van der Waals surface area contributed by atoms with Crippen molar-refractivity contribution in [1.82, 2.24) is 0 Å². The van der Waals surface area contributed by atoms with Crippen molar-refractivity contribution < 1.29 is 28.6 Å². The standard InChI is InChI=1S/C74H138O6/c1-4-7-10-13-16-19-22-25-28-30-32-34-35-36-37-38-39-41-42-44-46-49-52-55-58-61-64-67-73(76)79-70-71(69-78-72(75)66-63-60-57-54-51-48-27-24-21-18-15-12-9-6-3)80-74(77)68-65-62-59-56-53-50-47-45-43-40-33-31-29-26-23-20-17-14-11-8-5-2/h22,24-25,27,30,32,71H,4-21,23,26,28-29,31,33-70H2,1-3H3/b25-22-,27-24-,32-30-. The molecule has 0 amide bonds. The number of esters is 3. The second-order valence-corrected chi connectivity index (χ2v) is 24.5. The second-order valence-electron chi connectivity index (χ2n) is 24.5. The number of allylic oxidation sites excluding steroid dienone is 6. The van der Waals surface area contributed by atoms with Crippen LogP contribution < -0.4 is 0 Å². The third-order valence-corrected chi connectivity index (χ3v) is 16.4. The summed E-state index contributed by atoms with van der Waals surface area (Å²) in [7, 11) is 0. The van der Waals surface area contributed by atoms with Crippen LogP contribution in [0.4, 0.5) is 0 Å². The zero-order chi connectivity index (χ0) is 57.8. The zero-order valence-corrected chi connectivity index (χ0v) is 54.1. The van der Waals surface area contributed by atoms with E-state index in [4.69, 9.17) is 14.2 Å². The average molecular weight is 1120 g/mol. The van der Waals surface area contributed by atoms with Crippen LogP contribution in [0.1, 0.15) is 400 Å². The number of ether oxygens (including phenoxy) is 3. The highest BCUT2D eigenvalue weighted by atomic mass is 16.6. The maximum atomic E-state index is 13.0. The van der Waals surface area contributed by atoms with Gasteiger partial charge in [-0.2, -0.15) is 0 Å². The first-order chi connectivity index (χ1) is 39.5. The average Bonchev–Trinajstić information content (AvgIpc) is 3.46. The maximum Gasteiger partial charge on any atom is 0.306 e. The smallest absolute Gasteiger partial charge is 0.306 e. The Balaban J connectivity index is 4.23. The molecule has 1 atom stereocenters. The van der Waals surface area contributed by atoms with Gasteiger partial charge in [0.2, 0.25) is 0 Å². The Morgan fingerprint density at radius 2 is 0.450 bits per heavy atom. The fourth-order valence-corrected chi connectivity index (χ4v) is 10.9. The van der Waals surface area contributed by atoms with Crippen LogP contribution in [0, 0.1) is 0 Å². The first kappa shape index (κ1) is 77.6.